The van der Waals surface area contributed by atoms with E-state index in [2.05, 4.69) is 47.9 Å². The Labute approximate surface area is 442 Å². The number of carbonyl (C=O) groups is 1. The Balaban J connectivity index is 0.631. The van der Waals surface area contributed by atoms with Gasteiger partial charge in [-0.25, -0.2) is 29.7 Å². The highest BCUT2D eigenvalue weighted by Crippen LogP contribution is 2.42. The highest BCUT2D eigenvalue weighted by Gasteiger charge is 2.47. The van der Waals surface area contributed by atoms with Gasteiger partial charge in [-0.15, -0.1) is 10.2 Å². The number of hydrogen-bond donors (Lipinski definition) is 4. The van der Waals surface area contributed by atoms with Crippen molar-refractivity contribution in [1.82, 2.24) is 40.6 Å². The van der Waals surface area contributed by atoms with Gasteiger partial charge in [0.25, 0.3) is 0 Å². The highest BCUT2D eigenvalue weighted by molar-refractivity contribution is 5.94. The molecule has 2 bridgehead atoms. The van der Waals surface area contributed by atoms with Crippen molar-refractivity contribution in [1.29, 1.82) is 0 Å². The number of amidine groups is 1. The topological polar surface area (TPSA) is 208 Å². The van der Waals surface area contributed by atoms with E-state index in [1.165, 1.54) is 11.6 Å². The van der Waals surface area contributed by atoms with Gasteiger partial charge in [0.1, 0.15) is 29.1 Å². The van der Waals surface area contributed by atoms with Crippen LogP contribution in [0.3, 0.4) is 0 Å². The maximum atomic E-state index is 14.6. The number of fused-ring (bicyclic) bond motifs is 2. The van der Waals surface area contributed by atoms with Crippen LogP contribution in [0, 0.1) is 11.7 Å². The third-order valence-electron chi connectivity index (χ3n) is 17.3. The van der Waals surface area contributed by atoms with E-state index in [1.807, 2.05) is 75.4 Å². The number of piperidine rings is 1. The summed E-state index contributed by atoms with van der Waals surface area (Å²) < 4.78 is 20.6. The zero-order chi connectivity index (χ0) is 52.2. The number of nitrogens with two attached hydrogens (primary N) is 1. The molecule has 1 aliphatic carbocycles. The number of para-hydroxylation sites is 1. The third-order valence-corrected chi connectivity index (χ3v) is 17.3. The number of β-amino-alcohol motifs (C(OH)–C–C–N with tert-alkyl or cyclic N) is 1. The zero-order valence-corrected chi connectivity index (χ0v) is 43.4. The summed E-state index contributed by atoms with van der Waals surface area (Å²) in [6.45, 7) is 9.67. The van der Waals surface area contributed by atoms with Crippen molar-refractivity contribution in [2.75, 3.05) is 48.3 Å². The monoisotopic (exact) mass is 1030 g/mol. The highest BCUT2D eigenvalue weighted by atomic mass is 19.1. The summed E-state index contributed by atoms with van der Waals surface area (Å²) in [6, 6.07) is 25.7. The Morgan fingerprint density at radius 2 is 1.51 bits per heavy atom. The molecule has 17 nitrogen and oxygen atoms in total. The fourth-order valence-electron chi connectivity index (χ4n) is 13.1. The molecule has 6 aromatic rings. The normalized spacial score (nSPS) is 26.5. The van der Waals surface area contributed by atoms with Crippen molar-refractivity contribution >= 4 is 29.2 Å². The van der Waals surface area contributed by atoms with E-state index in [0.717, 1.165) is 106 Å². The number of phenolic OH excluding ortho intramolecular Hbond substituents is 1. The van der Waals surface area contributed by atoms with E-state index in [9.17, 15) is 19.4 Å². The van der Waals surface area contributed by atoms with Crippen LogP contribution in [0.4, 0.5) is 21.8 Å². The number of aromatic hydroxyl groups is 1. The standard InChI is InChI=1S/C58H67FN12O5/c1-34(2)53(56(74)70-33-43(72)26-50(70)55-63-58(3,76-67-55)39-16-12-36(13-17-39)44-8-4-6-10-46(44)59)52-28-47(66-75-52)37-14-18-40(19-15-37)68-24-22-35(23-25-68)38-29-61-57(62-30-38)71-41-20-21-42(71)32-69(31-41)49-27-48(64-65-54(49)60)45-9-5-7-11-51(45)73/h4-13,16-17,27-30,34-35,37,40-43,50,53,72-73H,14-15,18-26,31-33H2,1-3H3,(H2,60,65)(H,63,67)/t37?,40?,41?,42?,43-,50+,53-,58-/m1/s1. The summed E-state index contributed by atoms with van der Waals surface area (Å²) >= 11 is 0. The molecule has 3 aromatic heterocycles. The number of carbonyl (C=O) groups excluding carboxylic acids is 1. The maximum absolute atomic E-state index is 14.6. The smallest absolute Gasteiger partial charge is 0.234 e. The number of hydrogen-bond acceptors (Lipinski definition) is 16. The number of aromatic nitrogens is 5. The molecule has 5 N–H and O–H groups in total. The first-order valence-corrected chi connectivity index (χ1v) is 27.2. The number of amides is 1. The Morgan fingerprint density at radius 1 is 0.829 bits per heavy atom. The molecule has 0 radical (unpaired) electrons. The van der Waals surface area contributed by atoms with Gasteiger partial charge in [0.05, 0.1) is 29.2 Å². The third kappa shape index (κ3) is 9.52. The minimum Gasteiger partial charge on any atom is -0.507 e. The lowest BCUT2D eigenvalue weighted by Gasteiger charge is -2.42. The van der Waals surface area contributed by atoms with Gasteiger partial charge < -0.3 is 40.1 Å². The SMILES string of the molecule is CC(C)[C@@H](C(=O)N1C[C@H](O)C[C@H]1C1=N[C@@](C)(c2ccc(-c3ccccc3F)cc2)ON1)c1cc(C2CCC(N3CCC(c4cnc(N5C6CCC5CN(c5cc(-c7ccccc7O)nnc5N)C6)nc4)CC3)CC2)no1. The summed E-state index contributed by atoms with van der Waals surface area (Å²) in [4.78, 5) is 44.7. The molecule has 12 rings (SSSR count). The van der Waals surface area contributed by atoms with Crippen LogP contribution in [0.25, 0.3) is 22.4 Å². The molecule has 4 saturated heterocycles. The number of likely N-dealkylation sites (tertiary alicyclic amines) is 2. The molecule has 18 heteroatoms. The molecule has 0 spiro atoms. The number of hydroxylamine groups is 1. The van der Waals surface area contributed by atoms with Crippen LogP contribution in [0.5, 0.6) is 5.75 Å². The number of piperazine rings is 1. The van der Waals surface area contributed by atoms with Gasteiger partial charge in [-0.05, 0) is 119 Å². The van der Waals surface area contributed by atoms with Gasteiger partial charge in [0, 0.05) is 85.2 Å². The van der Waals surface area contributed by atoms with E-state index >= 15 is 0 Å². The van der Waals surface area contributed by atoms with Gasteiger partial charge in [0.15, 0.2) is 5.82 Å². The number of nitrogens with one attached hydrogen (secondary N) is 1. The van der Waals surface area contributed by atoms with Crippen LogP contribution in [-0.2, 0) is 15.4 Å². The van der Waals surface area contributed by atoms with Gasteiger partial charge >= 0.3 is 0 Å². The number of rotatable bonds is 12. The molecule has 6 aliphatic rings. The second kappa shape index (κ2) is 20.5. The van der Waals surface area contributed by atoms with Crippen LogP contribution in [0.2, 0.25) is 0 Å². The van der Waals surface area contributed by atoms with Crippen molar-refractivity contribution in [3.8, 4) is 28.1 Å². The first kappa shape index (κ1) is 49.8. The quantitative estimate of drug-likeness (QED) is 0.0910. The average Bonchev–Trinajstić information content (AvgIpc) is 4.29. The Morgan fingerprint density at radius 3 is 2.21 bits per heavy atom. The van der Waals surface area contributed by atoms with E-state index < -0.39 is 23.8 Å². The molecule has 2 unspecified atom stereocenters. The van der Waals surface area contributed by atoms with Crippen LogP contribution in [-0.4, -0.2) is 120 Å². The molecule has 1 saturated carbocycles. The van der Waals surface area contributed by atoms with Gasteiger partial charge in [0.2, 0.25) is 17.6 Å². The van der Waals surface area contributed by atoms with Gasteiger partial charge in [-0.2, -0.15) is 0 Å². The number of aliphatic hydroxyl groups is 1. The molecule has 1 amide bonds. The first-order valence-electron chi connectivity index (χ1n) is 27.2. The number of halogens is 1. The number of nitrogen functional groups attached to an aromatic ring is 1. The predicted molar refractivity (Wildman–Crippen MR) is 287 cm³/mol. The first-order chi connectivity index (χ1) is 36.9. The number of anilines is 3. The van der Waals surface area contributed by atoms with Crippen molar-refractivity contribution < 1.29 is 28.8 Å². The Hall–Kier alpha value is -7.02. The Kier molecular flexibility index (Phi) is 13.4. The van der Waals surface area contributed by atoms with E-state index in [1.54, 1.807) is 29.2 Å². The van der Waals surface area contributed by atoms with E-state index in [-0.39, 0.29) is 47.9 Å². The number of phenols is 1. The van der Waals surface area contributed by atoms with Crippen molar-refractivity contribution in [2.45, 2.75) is 132 Å². The molecule has 76 heavy (non-hydrogen) atoms. The minimum absolute atomic E-state index is 0.0926. The number of benzene rings is 3. The summed E-state index contributed by atoms with van der Waals surface area (Å²) in [6.07, 6.45) is 12.1. The van der Waals surface area contributed by atoms with Crippen LogP contribution in [0.1, 0.15) is 119 Å². The van der Waals surface area contributed by atoms with E-state index in [0.29, 0.717) is 52.6 Å². The van der Waals surface area contributed by atoms with Crippen molar-refractivity contribution in [3.63, 3.8) is 0 Å². The average molecular weight is 1030 g/mol. The molecule has 396 valence electrons. The number of nitrogens with zero attached hydrogens (tertiary/aromatic N) is 10. The van der Waals surface area contributed by atoms with E-state index in [4.69, 9.17) is 30.1 Å². The molecule has 6 atom stereocenters. The lowest BCUT2D eigenvalue weighted by atomic mass is 9.81. The van der Waals surface area contributed by atoms with Crippen molar-refractivity contribution in [2.24, 2.45) is 10.9 Å². The minimum atomic E-state index is -1.10. The summed E-state index contributed by atoms with van der Waals surface area (Å²) in [5.41, 5.74) is 14.5. The second-order valence-corrected chi connectivity index (χ2v) is 22.4. The number of aliphatic hydroxyl groups excluding tert-OH is 1. The number of aliphatic imine (C=N–C) groups is 1. The molecule has 5 aliphatic heterocycles. The Bertz CT molecular complexity index is 3070. The predicted octanol–water partition coefficient (Wildman–Crippen LogP) is 8.29. The molecule has 5 fully saturated rings. The van der Waals surface area contributed by atoms with Crippen LogP contribution in [0.15, 0.2) is 107 Å². The van der Waals surface area contributed by atoms with Crippen LogP contribution < -0.4 is 21.0 Å². The van der Waals surface area contributed by atoms with Gasteiger partial charge in [-0.3, -0.25) is 4.79 Å². The second-order valence-electron chi connectivity index (χ2n) is 22.4. The van der Waals surface area contributed by atoms with Crippen molar-refractivity contribution in [3.05, 3.63) is 126 Å². The summed E-state index contributed by atoms with van der Waals surface area (Å²) in [7, 11) is 0. The summed E-state index contributed by atoms with van der Waals surface area (Å²) in [5.74, 6) is 1.92. The fourth-order valence-corrected chi connectivity index (χ4v) is 13.1. The molecule has 8 heterocycles. The van der Waals surface area contributed by atoms with Gasteiger partial charge in [-0.1, -0.05) is 73.6 Å². The maximum Gasteiger partial charge on any atom is 0.234 e. The largest absolute Gasteiger partial charge is 0.507 e. The lowest BCUT2D eigenvalue weighted by molar-refractivity contribution is -0.134. The molecular weight excluding hydrogens is 964 g/mol. The molecular formula is C58H67FN12O5. The molecule has 3 aromatic carbocycles. The van der Waals surface area contributed by atoms with Crippen LogP contribution >= 0.6 is 0 Å². The lowest BCUT2D eigenvalue weighted by Crippen LogP contribution is -2.54. The zero-order valence-electron chi connectivity index (χ0n) is 43.4. The summed E-state index contributed by atoms with van der Waals surface area (Å²) in [5, 5.41) is 34.6. The fraction of sp³-hybridized carbons (Fsp3) is 0.466.